The number of hydrogen-bond donors (Lipinski definition) is 3. The summed E-state index contributed by atoms with van der Waals surface area (Å²) < 4.78 is 12.9. The molecule has 174 valence electrons. The lowest BCUT2D eigenvalue weighted by molar-refractivity contribution is -0.126. The highest BCUT2D eigenvalue weighted by Gasteiger charge is 2.30. The summed E-state index contributed by atoms with van der Waals surface area (Å²) in [6.07, 6.45) is 0.161. The molecule has 2 aromatic rings. The summed E-state index contributed by atoms with van der Waals surface area (Å²) in [5.41, 5.74) is 1.59. The Morgan fingerprint density at radius 3 is 2.52 bits per heavy atom. The van der Waals surface area contributed by atoms with Crippen LogP contribution in [0, 0.1) is 5.82 Å². The molecule has 0 unspecified atom stereocenters. The van der Waals surface area contributed by atoms with Crippen LogP contribution in [0.15, 0.2) is 48.5 Å². The van der Waals surface area contributed by atoms with Gasteiger partial charge in [-0.3, -0.25) is 24.1 Å². The van der Waals surface area contributed by atoms with Gasteiger partial charge in [0.1, 0.15) is 5.82 Å². The minimum Gasteiger partial charge on any atom is -0.346 e. The summed E-state index contributed by atoms with van der Waals surface area (Å²) in [7, 11) is 1.62. The summed E-state index contributed by atoms with van der Waals surface area (Å²) in [6.45, 7) is 1.38. The molecule has 3 rings (SSSR count). The third-order valence-electron chi connectivity index (χ3n) is 5.02. The minimum atomic E-state index is -0.458. The zero-order chi connectivity index (χ0) is 24.0. The largest absolute Gasteiger partial charge is 0.346 e. The van der Waals surface area contributed by atoms with Gasteiger partial charge in [0.05, 0.1) is 31.0 Å². The molecule has 1 aliphatic rings. The SMILES string of the molecule is C[C@@H]1CC(=O)Nc2ccccc2N1C(=O)CN(C)CC(=O)NCC(=O)Nc1ccc(F)cc1. The van der Waals surface area contributed by atoms with Crippen molar-refractivity contribution in [3.05, 3.63) is 54.3 Å². The van der Waals surface area contributed by atoms with Crippen molar-refractivity contribution in [3.8, 4) is 0 Å². The van der Waals surface area contributed by atoms with E-state index in [0.717, 1.165) is 0 Å². The van der Waals surface area contributed by atoms with Crippen LogP contribution < -0.4 is 20.9 Å². The fraction of sp³-hybridized carbons (Fsp3) is 0.304. The van der Waals surface area contributed by atoms with E-state index in [4.69, 9.17) is 0 Å². The summed E-state index contributed by atoms with van der Waals surface area (Å²) in [5, 5.41) is 7.84. The molecule has 10 heteroatoms. The lowest BCUT2D eigenvalue weighted by Gasteiger charge is -2.29. The summed E-state index contributed by atoms with van der Waals surface area (Å²) >= 11 is 0. The van der Waals surface area contributed by atoms with Crippen molar-refractivity contribution in [1.29, 1.82) is 0 Å². The molecule has 33 heavy (non-hydrogen) atoms. The molecule has 2 aromatic carbocycles. The van der Waals surface area contributed by atoms with E-state index in [2.05, 4.69) is 16.0 Å². The van der Waals surface area contributed by atoms with Gasteiger partial charge in [0.25, 0.3) is 0 Å². The zero-order valence-corrected chi connectivity index (χ0v) is 18.4. The van der Waals surface area contributed by atoms with Crippen molar-refractivity contribution in [2.45, 2.75) is 19.4 Å². The number of likely N-dealkylation sites (N-methyl/N-ethyl adjacent to an activating group) is 1. The van der Waals surface area contributed by atoms with Crippen LogP contribution in [0.2, 0.25) is 0 Å². The van der Waals surface area contributed by atoms with Crippen LogP contribution in [-0.2, 0) is 19.2 Å². The van der Waals surface area contributed by atoms with Gasteiger partial charge >= 0.3 is 0 Å². The van der Waals surface area contributed by atoms with Crippen molar-refractivity contribution in [3.63, 3.8) is 0 Å². The van der Waals surface area contributed by atoms with Crippen molar-refractivity contribution < 1.29 is 23.6 Å². The summed E-state index contributed by atoms with van der Waals surface area (Å²) in [6, 6.07) is 12.0. The molecule has 4 amide bonds. The average Bonchev–Trinajstić information content (AvgIpc) is 2.87. The molecule has 0 saturated carbocycles. The molecule has 0 spiro atoms. The van der Waals surface area contributed by atoms with Crippen molar-refractivity contribution >= 4 is 40.7 Å². The Labute approximate surface area is 190 Å². The second kappa shape index (κ2) is 10.7. The Morgan fingerprint density at radius 1 is 1.09 bits per heavy atom. The highest BCUT2D eigenvalue weighted by atomic mass is 19.1. The maximum atomic E-state index is 13.0. The number of halogens is 1. The number of fused-ring (bicyclic) bond motifs is 1. The van der Waals surface area contributed by atoms with E-state index in [1.807, 2.05) is 0 Å². The number of amides is 4. The number of nitrogens with zero attached hydrogens (tertiary/aromatic N) is 2. The van der Waals surface area contributed by atoms with Crippen molar-refractivity contribution in [2.24, 2.45) is 0 Å². The molecular formula is C23H26FN5O4. The number of carbonyl (C=O) groups is 4. The topological polar surface area (TPSA) is 111 Å². The lowest BCUT2D eigenvalue weighted by Crippen LogP contribution is -2.46. The van der Waals surface area contributed by atoms with E-state index < -0.39 is 17.6 Å². The molecule has 3 N–H and O–H groups in total. The zero-order valence-electron chi connectivity index (χ0n) is 18.4. The maximum Gasteiger partial charge on any atom is 0.243 e. The first kappa shape index (κ1) is 23.9. The van der Waals surface area contributed by atoms with Gasteiger partial charge in [-0.2, -0.15) is 0 Å². The van der Waals surface area contributed by atoms with E-state index in [0.29, 0.717) is 17.1 Å². The quantitative estimate of drug-likeness (QED) is 0.587. The lowest BCUT2D eigenvalue weighted by atomic mass is 10.1. The number of benzene rings is 2. The minimum absolute atomic E-state index is 0.0535. The van der Waals surface area contributed by atoms with Gasteiger partial charge < -0.3 is 20.9 Å². The van der Waals surface area contributed by atoms with Crippen molar-refractivity contribution in [1.82, 2.24) is 10.2 Å². The maximum absolute atomic E-state index is 13.0. The molecule has 9 nitrogen and oxygen atoms in total. The van der Waals surface area contributed by atoms with Gasteiger partial charge in [0.2, 0.25) is 23.6 Å². The Morgan fingerprint density at radius 2 is 1.79 bits per heavy atom. The Bertz CT molecular complexity index is 1040. The van der Waals surface area contributed by atoms with Gasteiger partial charge in [-0.05, 0) is 50.4 Å². The number of hydrogen-bond acceptors (Lipinski definition) is 5. The van der Waals surface area contributed by atoms with Gasteiger partial charge in [-0.25, -0.2) is 4.39 Å². The molecule has 1 atom stereocenters. The average molecular weight is 455 g/mol. The molecule has 0 aromatic heterocycles. The second-order valence-electron chi connectivity index (χ2n) is 7.89. The highest BCUT2D eigenvalue weighted by Crippen LogP contribution is 2.31. The molecule has 0 fully saturated rings. The van der Waals surface area contributed by atoms with E-state index in [9.17, 15) is 23.6 Å². The summed E-state index contributed by atoms with van der Waals surface area (Å²) in [5.74, 6) is -1.73. The van der Waals surface area contributed by atoms with Gasteiger partial charge in [0, 0.05) is 18.2 Å². The molecule has 0 bridgehead atoms. The Balaban J connectivity index is 1.51. The molecular weight excluding hydrogens is 429 g/mol. The van der Waals surface area contributed by atoms with E-state index in [1.54, 1.807) is 43.1 Å². The predicted octanol–water partition coefficient (Wildman–Crippen LogP) is 1.58. The number of rotatable bonds is 7. The first-order valence-electron chi connectivity index (χ1n) is 10.4. The van der Waals surface area contributed by atoms with Gasteiger partial charge in [0.15, 0.2) is 0 Å². The molecule has 0 aliphatic carbocycles. The smallest absolute Gasteiger partial charge is 0.243 e. The molecule has 0 saturated heterocycles. The monoisotopic (exact) mass is 455 g/mol. The van der Waals surface area contributed by atoms with E-state index in [-0.39, 0.29) is 43.9 Å². The van der Waals surface area contributed by atoms with Crippen LogP contribution in [0.5, 0.6) is 0 Å². The number of anilines is 3. The van der Waals surface area contributed by atoms with Gasteiger partial charge in [-0.15, -0.1) is 0 Å². The fourth-order valence-electron chi connectivity index (χ4n) is 3.55. The molecule has 0 radical (unpaired) electrons. The number of carbonyl (C=O) groups excluding carboxylic acids is 4. The number of para-hydroxylation sites is 2. The van der Waals surface area contributed by atoms with E-state index >= 15 is 0 Å². The predicted molar refractivity (Wildman–Crippen MR) is 122 cm³/mol. The molecule has 1 heterocycles. The number of nitrogens with one attached hydrogen (secondary N) is 3. The van der Waals surface area contributed by atoms with Crippen LogP contribution in [0.3, 0.4) is 0 Å². The van der Waals surface area contributed by atoms with Gasteiger partial charge in [-0.1, -0.05) is 12.1 Å². The summed E-state index contributed by atoms with van der Waals surface area (Å²) in [4.78, 5) is 52.4. The van der Waals surface area contributed by atoms with Crippen LogP contribution in [-0.4, -0.2) is 61.3 Å². The van der Waals surface area contributed by atoms with E-state index in [1.165, 1.54) is 29.2 Å². The normalized spacial score (nSPS) is 15.3. The third-order valence-corrected chi connectivity index (χ3v) is 5.02. The Kier molecular flexibility index (Phi) is 7.73. The second-order valence-corrected chi connectivity index (χ2v) is 7.89. The Hall–Kier alpha value is -3.79. The van der Waals surface area contributed by atoms with Crippen molar-refractivity contribution in [2.75, 3.05) is 42.2 Å². The fourth-order valence-corrected chi connectivity index (χ4v) is 3.55. The standard InChI is InChI=1S/C23H26FN5O4/c1-15-11-20(30)27-18-5-3-4-6-19(18)29(15)23(33)14-28(2)13-22(32)25-12-21(31)26-17-9-7-16(24)8-10-17/h3-10,15H,11-14H2,1-2H3,(H,25,32)(H,26,31)(H,27,30)/t15-/m1/s1. The van der Waals surface area contributed by atoms with Crippen LogP contribution in [0.25, 0.3) is 0 Å². The third kappa shape index (κ3) is 6.59. The van der Waals surface area contributed by atoms with Crippen LogP contribution >= 0.6 is 0 Å². The van der Waals surface area contributed by atoms with Crippen LogP contribution in [0.1, 0.15) is 13.3 Å². The first-order valence-corrected chi connectivity index (χ1v) is 10.4. The highest BCUT2D eigenvalue weighted by molar-refractivity contribution is 6.05. The van der Waals surface area contributed by atoms with Crippen LogP contribution in [0.4, 0.5) is 21.5 Å². The molecule has 1 aliphatic heterocycles. The first-order chi connectivity index (χ1) is 15.7.